The Kier molecular flexibility index (Phi) is 2.40. The first-order valence-electron chi connectivity index (χ1n) is 3.96. The monoisotopic (exact) mass is 222 g/mol. The van der Waals surface area contributed by atoms with Gasteiger partial charge in [0.05, 0.1) is 0 Å². The molecule has 0 aromatic heterocycles. The summed E-state index contributed by atoms with van der Waals surface area (Å²) in [5, 5.41) is 0. The summed E-state index contributed by atoms with van der Waals surface area (Å²) in [7, 11) is 2.26. The van der Waals surface area contributed by atoms with Crippen LogP contribution in [-0.2, 0) is 39.3 Å². The first-order valence-corrected chi connectivity index (χ1v) is 7.24. The molecule has 0 radical (unpaired) electrons. The van der Waals surface area contributed by atoms with Gasteiger partial charge in [0, 0.05) is 0 Å². The van der Waals surface area contributed by atoms with E-state index in [0.717, 1.165) is 0 Å². The van der Waals surface area contributed by atoms with Gasteiger partial charge in [0.2, 0.25) is 0 Å². The van der Waals surface area contributed by atoms with Gasteiger partial charge in [-0.05, 0) is 0 Å². The van der Waals surface area contributed by atoms with E-state index in [2.05, 4.69) is 33.3 Å². The second-order valence-electron chi connectivity index (χ2n) is 3.07. The molecule has 55 valence electrons. The van der Waals surface area contributed by atoms with Gasteiger partial charge in [0.15, 0.2) is 0 Å². The summed E-state index contributed by atoms with van der Waals surface area (Å²) in [5.41, 5.74) is 3.17. The molecule has 0 N–H and O–H groups in total. The van der Waals surface area contributed by atoms with Crippen molar-refractivity contribution in [1.82, 2.24) is 2.03 Å². The number of benzene rings is 1. The van der Waals surface area contributed by atoms with E-state index in [0.29, 0.717) is 0 Å². The van der Waals surface area contributed by atoms with Crippen molar-refractivity contribution < 1.29 is 29.5 Å². The zero-order valence-corrected chi connectivity index (χ0v) is 9.59. The van der Waals surface area contributed by atoms with Crippen molar-refractivity contribution in [2.75, 3.05) is 7.05 Å². The molecule has 1 aliphatic heterocycles. The van der Waals surface area contributed by atoms with E-state index in [4.69, 9.17) is 0 Å². The maximum absolute atomic E-state index is 2.55. The van der Waals surface area contributed by atoms with Crippen LogP contribution in [0.4, 0.5) is 0 Å². The average molecular weight is 222 g/mol. The zero-order valence-electron chi connectivity index (χ0n) is 6.75. The van der Waals surface area contributed by atoms with Crippen LogP contribution in [0.1, 0.15) is 11.1 Å². The van der Waals surface area contributed by atoms with Crippen molar-refractivity contribution in [3.05, 3.63) is 35.4 Å². The summed E-state index contributed by atoms with van der Waals surface area (Å²) in [5.74, 6) is 0. The fourth-order valence-corrected chi connectivity index (χ4v) is 4.53. The summed E-state index contributed by atoms with van der Waals surface area (Å²) in [6, 6.07) is 8.85. The van der Waals surface area contributed by atoms with Gasteiger partial charge in [0.25, 0.3) is 0 Å². The SMILES string of the molecule is C[N]1Cc2ccccc2[CH2][Y]1. The second kappa shape index (κ2) is 3.34. The van der Waals surface area contributed by atoms with Gasteiger partial charge in [-0.3, -0.25) is 0 Å². The van der Waals surface area contributed by atoms with Gasteiger partial charge in [-0.25, -0.2) is 0 Å². The quantitative estimate of drug-likeness (QED) is 0.644. The third-order valence-electron chi connectivity index (χ3n) is 2.16. The van der Waals surface area contributed by atoms with Crippen molar-refractivity contribution in [3.8, 4) is 0 Å². The number of nitrogens with zero attached hydrogens (tertiary/aromatic N) is 1. The fraction of sp³-hybridized carbons (Fsp3) is 0.333. The maximum atomic E-state index is 2.55. The molecular weight excluding hydrogens is 211 g/mol. The summed E-state index contributed by atoms with van der Waals surface area (Å²) < 4.78 is 3.96. The Balaban J connectivity index is 2.34. The molecule has 1 aliphatic rings. The molecule has 0 amide bonds. The number of hydrogen-bond acceptors (Lipinski definition) is 1. The predicted octanol–water partition coefficient (Wildman–Crippen LogP) is 1.63. The molecule has 0 unspecified atom stereocenters. The Morgan fingerprint density at radius 1 is 1.27 bits per heavy atom. The van der Waals surface area contributed by atoms with Gasteiger partial charge < -0.3 is 0 Å². The Hall–Kier alpha value is 0.284. The van der Waals surface area contributed by atoms with Gasteiger partial charge in [-0.1, -0.05) is 0 Å². The van der Waals surface area contributed by atoms with Gasteiger partial charge in [-0.15, -0.1) is 0 Å². The third-order valence-corrected chi connectivity index (χ3v) is 5.67. The van der Waals surface area contributed by atoms with E-state index in [1.165, 1.54) is 9.78 Å². The van der Waals surface area contributed by atoms with Crippen molar-refractivity contribution in [2.45, 2.75) is 9.78 Å². The first kappa shape index (κ1) is 7.91. The van der Waals surface area contributed by atoms with E-state index < -0.39 is 0 Å². The molecule has 0 atom stereocenters. The Labute approximate surface area is 83.3 Å². The molecule has 11 heavy (non-hydrogen) atoms. The Bertz CT molecular complexity index is 259. The molecule has 0 saturated carbocycles. The molecule has 1 aromatic rings. The van der Waals surface area contributed by atoms with Crippen molar-refractivity contribution in [2.24, 2.45) is 0 Å². The summed E-state index contributed by atoms with van der Waals surface area (Å²) in [4.78, 5) is 0. The number of hydrogen-bond donors (Lipinski definition) is 0. The summed E-state index contributed by atoms with van der Waals surface area (Å²) in [6.07, 6.45) is 0. The van der Waals surface area contributed by atoms with E-state index in [9.17, 15) is 0 Å². The molecule has 0 spiro atoms. The van der Waals surface area contributed by atoms with Crippen LogP contribution in [0.25, 0.3) is 0 Å². The fourth-order valence-electron chi connectivity index (χ4n) is 1.50. The van der Waals surface area contributed by atoms with Crippen LogP contribution in [0.3, 0.4) is 0 Å². The zero-order chi connectivity index (χ0) is 7.68. The molecule has 0 saturated heterocycles. The van der Waals surface area contributed by atoms with E-state index in [1.807, 2.05) is 0 Å². The molecule has 2 rings (SSSR count). The predicted molar refractivity (Wildman–Crippen MR) is 41.6 cm³/mol. The average Bonchev–Trinajstić information content (AvgIpc) is 2.04. The van der Waals surface area contributed by atoms with Crippen molar-refractivity contribution in [1.29, 1.82) is 0 Å². The van der Waals surface area contributed by atoms with E-state index in [1.54, 1.807) is 11.1 Å². The third kappa shape index (κ3) is 1.72. The molecule has 0 fully saturated rings. The normalized spacial score (nSPS) is 16.5. The van der Waals surface area contributed by atoms with Crippen LogP contribution in [0, 0.1) is 0 Å². The van der Waals surface area contributed by atoms with Gasteiger partial charge >= 0.3 is 83.8 Å². The minimum absolute atomic E-state index is 0.365. The molecule has 1 heterocycles. The Morgan fingerprint density at radius 2 is 2.00 bits per heavy atom. The molecule has 1 aromatic carbocycles. The molecule has 0 aliphatic carbocycles. The standard InChI is InChI=1S/C9H11N.Y/c1-8-5-3-4-6-9(8)7-10-2;/h3-6H,1,7H2,2H3;/q-1;+1. The summed E-state index contributed by atoms with van der Waals surface area (Å²) >= 11 is -0.365. The van der Waals surface area contributed by atoms with Gasteiger partial charge in [-0.2, -0.15) is 0 Å². The van der Waals surface area contributed by atoms with Crippen LogP contribution in [0.15, 0.2) is 24.3 Å². The molecule has 0 bridgehead atoms. The minimum atomic E-state index is -0.365. The van der Waals surface area contributed by atoms with E-state index in [-0.39, 0.29) is 29.5 Å². The van der Waals surface area contributed by atoms with Crippen molar-refractivity contribution in [3.63, 3.8) is 0 Å². The Morgan fingerprint density at radius 3 is 2.82 bits per heavy atom. The first-order chi connectivity index (χ1) is 5.36. The van der Waals surface area contributed by atoms with Crippen LogP contribution in [0.2, 0.25) is 0 Å². The molecule has 2 heteroatoms. The molecular formula is C9H11NY. The van der Waals surface area contributed by atoms with Crippen LogP contribution in [-0.4, -0.2) is 9.08 Å². The van der Waals surface area contributed by atoms with Crippen molar-refractivity contribution >= 4 is 0 Å². The van der Waals surface area contributed by atoms with Crippen LogP contribution >= 0.6 is 0 Å². The topological polar surface area (TPSA) is 3.24 Å². The molecule has 1 nitrogen and oxygen atoms in total. The summed E-state index contributed by atoms with van der Waals surface area (Å²) in [6.45, 7) is 1.21. The van der Waals surface area contributed by atoms with Gasteiger partial charge in [0.1, 0.15) is 0 Å². The second-order valence-corrected chi connectivity index (χ2v) is 7.14. The number of fused-ring (bicyclic) bond motifs is 1. The number of rotatable bonds is 0. The van der Waals surface area contributed by atoms with Crippen LogP contribution < -0.4 is 0 Å². The van der Waals surface area contributed by atoms with E-state index >= 15 is 0 Å². The van der Waals surface area contributed by atoms with Crippen LogP contribution in [0.5, 0.6) is 0 Å².